The van der Waals surface area contributed by atoms with E-state index in [2.05, 4.69) is 15.6 Å². The van der Waals surface area contributed by atoms with Gasteiger partial charge < -0.3 is 20.3 Å². The molecule has 1 aliphatic heterocycles. The molecule has 0 radical (unpaired) electrons. The number of halogens is 1. The van der Waals surface area contributed by atoms with E-state index in [1.807, 2.05) is 11.8 Å². The number of rotatable bonds is 9. The van der Waals surface area contributed by atoms with Crippen LogP contribution in [0.15, 0.2) is 29.3 Å². The molecular weight excluding hydrogens is 347 g/mol. The summed E-state index contributed by atoms with van der Waals surface area (Å²) in [6.07, 6.45) is 4.79. The monoisotopic (exact) mass is 378 g/mol. The molecule has 1 aromatic carbocycles. The van der Waals surface area contributed by atoms with Crippen molar-refractivity contribution in [3.63, 3.8) is 0 Å². The van der Waals surface area contributed by atoms with Crippen molar-refractivity contribution in [3.8, 4) is 5.75 Å². The van der Waals surface area contributed by atoms with Gasteiger partial charge in [-0.1, -0.05) is 12.5 Å². The van der Waals surface area contributed by atoms with Crippen molar-refractivity contribution in [1.82, 2.24) is 15.5 Å². The van der Waals surface area contributed by atoms with Crippen LogP contribution in [-0.4, -0.2) is 56.1 Å². The summed E-state index contributed by atoms with van der Waals surface area (Å²) < 4.78 is 18.6. The van der Waals surface area contributed by atoms with Crippen LogP contribution in [0.4, 0.5) is 4.39 Å². The molecular formula is C20H31FN4O2. The summed E-state index contributed by atoms with van der Waals surface area (Å²) in [6.45, 7) is 6.05. The lowest BCUT2D eigenvalue weighted by molar-refractivity contribution is -0.130. The number of carbonyl (C=O) groups excluding carboxylic acids is 1. The maximum absolute atomic E-state index is 13.1. The van der Waals surface area contributed by atoms with E-state index in [1.165, 1.54) is 12.1 Å². The van der Waals surface area contributed by atoms with Crippen molar-refractivity contribution in [2.75, 3.05) is 39.3 Å². The zero-order chi connectivity index (χ0) is 19.3. The molecule has 1 saturated heterocycles. The molecule has 0 spiro atoms. The number of benzene rings is 1. The summed E-state index contributed by atoms with van der Waals surface area (Å²) in [5, 5.41) is 6.39. The van der Waals surface area contributed by atoms with E-state index in [0.29, 0.717) is 31.9 Å². The zero-order valence-electron chi connectivity index (χ0n) is 16.2. The molecule has 1 aliphatic rings. The highest BCUT2D eigenvalue weighted by molar-refractivity contribution is 5.79. The first-order chi connectivity index (χ1) is 13.2. The third-order valence-electron chi connectivity index (χ3n) is 4.33. The van der Waals surface area contributed by atoms with Crippen molar-refractivity contribution in [2.24, 2.45) is 4.99 Å². The predicted molar refractivity (Wildman–Crippen MR) is 106 cm³/mol. The lowest BCUT2D eigenvalue weighted by atomic mass is 10.2. The first-order valence-electron chi connectivity index (χ1n) is 9.87. The average molecular weight is 378 g/mol. The van der Waals surface area contributed by atoms with Crippen LogP contribution in [0.5, 0.6) is 5.75 Å². The number of aliphatic imine (C=N–C) groups is 1. The highest BCUT2D eigenvalue weighted by Crippen LogP contribution is 2.12. The Morgan fingerprint density at radius 3 is 3.00 bits per heavy atom. The number of ether oxygens (including phenoxy) is 1. The Hall–Kier alpha value is -2.31. The van der Waals surface area contributed by atoms with Gasteiger partial charge in [0.1, 0.15) is 18.2 Å². The SMILES string of the molecule is CCNC(=NCCCN1CCCCCC1=O)NCCOc1cccc(F)c1. The minimum absolute atomic E-state index is 0.274. The fraction of sp³-hybridized carbons (Fsp3) is 0.600. The molecule has 1 aromatic rings. The molecule has 0 saturated carbocycles. The van der Waals surface area contributed by atoms with Crippen LogP contribution in [0.1, 0.15) is 39.0 Å². The van der Waals surface area contributed by atoms with Crippen molar-refractivity contribution in [2.45, 2.75) is 39.0 Å². The van der Waals surface area contributed by atoms with E-state index >= 15 is 0 Å². The molecule has 1 heterocycles. The standard InChI is InChI=1S/C20H31FN4O2/c1-2-22-20(24-12-15-27-18-9-6-8-17(21)16-18)23-11-7-14-25-13-5-3-4-10-19(25)26/h6,8-9,16H,2-5,7,10-15H2,1H3,(H2,22,23,24). The maximum atomic E-state index is 13.1. The second kappa shape index (κ2) is 12.1. The van der Waals surface area contributed by atoms with Crippen molar-refractivity contribution < 1.29 is 13.9 Å². The fourth-order valence-corrected chi connectivity index (χ4v) is 2.96. The number of hydrogen-bond acceptors (Lipinski definition) is 3. The number of likely N-dealkylation sites (tertiary alicyclic amines) is 1. The van der Waals surface area contributed by atoms with Crippen LogP contribution >= 0.6 is 0 Å². The number of amides is 1. The van der Waals surface area contributed by atoms with Gasteiger partial charge >= 0.3 is 0 Å². The molecule has 27 heavy (non-hydrogen) atoms. The van der Waals surface area contributed by atoms with Gasteiger partial charge in [-0.2, -0.15) is 0 Å². The Bertz CT molecular complexity index is 609. The number of nitrogens with one attached hydrogen (secondary N) is 2. The van der Waals surface area contributed by atoms with Gasteiger partial charge in [-0.3, -0.25) is 9.79 Å². The van der Waals surface area contributed by atoms with Crippen molar-refractivity contribution in [3.05, 3.63) is 30.1 Å². The molecule has 0 aliphatic carbocycles. The summed E-state index contributed by atoms with van der Waals surface area (Å²) in [7, 11) is 0. The predicted octanol–water partition coefficient (Wildman–Crippen LogP) is 2.55. The van der Waals surface area contributed by atoms with Crippen molar-refractivity contribution >= 4 is 11.9 Å². The minimum Gasteiger partial charge on any atom is -0.492 e. The highest BCUT2D eigenvalue weighted by atomic mass is 19.1. The quantitative estimate of drug-likeness (QED) is 0.394. The summed E-state index contributed by atoms with van der Waals surface area (Å²) in [5.74, 6) is 1.21. The molecule has 2 N–H and O–H groups in total. The van der Waals surface area contributed by atoms with E-state index in [4.69, 9.17) is 4.74 Å². The molecule has 2 rings (SSSR count). The smallest absolute Gasteiger partial charge is 0.222 e. The Labute approximate surface area is 161 Å². The van der Waals surface area contributed by atoms with Crippen LogP contribution in [0.2, 0.25) is 0 Å². The summed E-state index contributed by atoms with van der Waals surface area (Å²) >= 11 is 0. The largest absolute Gasteiger partial charge is 0.492 e. The van der Waals surface area contributed by atoms with E-state index in [9.17, 15) is 9.18 Å². The molecule has 6 nitrogen and oxygen atoms in total. The first-order valence-corrected chi connectivity index (χ1v) is 9.87. The van der Waals surface area contributed by atoms with Crippen LogP contribution < -0.4 is 15.4 Å². The second-order valence-corrected chi connectivity index (χ2v) is 6.54. The minimum atomic E-state index is -0.307. The first kappa shape index (κ1) is 21.0. The number of hydrogen-bond donors (Lipinski definition) is 2. The van der Waals surface area contributed by atoms with Gasteiger partial charge in [0.2, 0.25) is 5.91 Å². The lowest BCUT2D eigenvalue weighted by Crippen LogP contribution is -2.39. The maximum Gasteiger partial charge on any atom is 0.222 e. The Balaban J connectivity index is 1.67. The second-order valence-electron chi connectivity index (χ2n) is 6.54. The number of nitrogens with zero attached hydrogens (tertiary/aromatic N) is 2. The van der Waals surface area contributed by atoms with E-state index in [1.54, 1.807) is 12.1 Å². The normalized spacial score (nSPS) is 15.4. The van der Waals surface area contributed by atoms with Gasteiger partial charge in [-0.05, 0) is 38.3 Å². The van der Waals surface area contributed by atoms with Crippen molar-refractivity contribution in [1.29, 1.82) is 0 Å². The van der Waals surface area contributed by atoms with Gasteiger partial charge in [0.25, 0.3) is 0 Å². The summed E-state index contributed by atoms with van der Waals surface area (Å²) in [5.41, 5.74) is 0. The van der Waals surface area contributed by atoms with E-state index in [0.717, 1.165) is 51.3 Å². The van der Waals surface area contributed by atoms with E-state index < -0.39 is 0 Å². The highest BCUT2D eigenvalue weighted by Gasteiger charge is 2.15. The molecule has 0 bridgehead atoms. The Morgan fingerprint density at radius 2 is 2.19 bits per heavy atom. The molecule has 150 valence electrons. The summed E-state index contributed by atoms with van der Waals surface area (Å²) in [4.78, 5) is 18.5. The van der Waals surface area contributed by atoms with Crippen LogP contribution in [0, 0.1) is 5.82 Å². The fourth-order valence-electron chi connectivity index (χ4n) is 2.96. The van der Waals surface area contributed by atoms with Crippen LogP contribution in [0.25, 0.3) is 0 Å². The molecule has 1 fully saturated rings. The number of guanidine groups is 1. The molecule has 1 amide bonds. The Morgan fingerprint density at radius 1 is 1.30 bits per heavy atom. The van der Waals surface area contributed by atoms with Gasteiger partial charge in [0.05, 0.1) is 6.54 Å². The van der Waals surface area contributed by atoms with E-state index in [-0.39, 0.29) is 11.7 Å². The summed E-state index contributed by atoms with van der Waals surface area (Å²) in [6, 6.07) is 6.11. The van der Waals surface area contributed by atoms with Crippen LogP contribution in [0.3, 0.4) is 0 Å². The van der Waals surface area contributed by atoms with Gasteiger partial charge in [-0.25, -0.2) is 4.39 Å². The van der Waals surface area contributed by atoms with Gasteiger partial charge in [0, 0.05) is 38.7 Å². The molecule has 0 aromatic heterocycles. The zero-order valence-corrected chi connectivity index (χ0v) is 16.2. The Kier molecular flexibility index (Phi) is 9.44. The van der Waals surface area contributed by atoms with Crippen LogP contribution in [-0.2, 0) is 4.79 Å². The third kappa shape index (κ3) is 8.28. The topological polar surface area (TPSA) is 66.0 Å². The molecule has 0 unspecified atom stereocenters. The van der Waals surface area contributed by atoms with Gasteiger partial charge in [0.15, 0.2) is 5.96 Å². The molecule has 0 atom stereocenters. The van der Waals surface area contributed by atoms with Gasteiger partial charge in [-0.15, -0.1) is 0 Å². The lowest BCUT2D eigenvalue weighted by Gasteiger charge is -2.20. The molecule has 7 heteroatoms. The average Bonchev–Trinajstić information content (AvgIpc) is 2.86. The third-order valence-corrected chi connectivity index (χ3v) is 4.33. The number of carbonyl (C=O) groups is 1.